The largest absolute Gasteiger partial charge is 0.352 e. The van der Waals surface area contributed by atoms with Crippen LogP contribution >= 0.6 is 0 Å². The summed E-state index contributed by atoms with van der Waals surface area (Å²) in [5.41, 5.74) is 1.40. The summed E-state index contributed by atoms with van der Waals surface area (Å²) in [7, 11) is -3.84. The van der Waals surface area contributed by atoms with Gasteiger partial charge in [0.05, 0.1) is 11.9 Å². The zero-order valence-electron chi connectivity index (χ0n) is 22.7. The monoisotopic (exact) mass is 565 g/mol. The van der Waals surface area contributed by atoms with Gasteiger partial charge in [-0.1, -0.05) is 86.0 Å². The highest BCUT2D eigenvalue weighted by molar-refractivity contribution is 7.92. The minimum atomic E-state index is -3.84. The van der Waals surface area contributed by atoms with E-state index in [0.29, 0.717) is 5.69 Å². The fourth-order valence-electron chi connectivity index (χ4n) is 5.12. The molecule has 1 aliphatic carbocycles. The number of hydrogen-bond acceptors (Lipinski definition) is 4. The molecule has 0 bridgehead atoms. The highest BCUT2D eigenvalue weighted by Gasteiger charge is 2.34. The van der Waals surface area contributed by atoms with E-state index < -0.39 is 34.3 Å². The molecule has 0 heterocycles. The maximum absolute atomic E-state index is 14.8. The second-order valence-corrected chi connectivity index (χ2v) is 12.2. The maximum Gasteiger partial charge on any atom is 0.244 e. The average molecular weight is 566 g/mol. The predicted molar refractivity (Wildman–Crippen MR) is 155 cm³/mol. The number of nitrogens with one attached hydrogen (secondary N) is 1. The van der Waals surface area contributed by atoms with Crippen LogP contribution in [-0.2, 0) is 32.6 Å². The lowest BCUT2D eigenvalue weighted by Crippen LogP contribution is -2.55. The molecular formula is C31H36FN3O4S. The summed E-state index contributed by atoms with van der Waals surface area (Å²) < 4.78 is 41.4. The van der Waals surface area contributed by atoms with Crippen molar-refractivity contribution in [2.24, 2.45) is 0 Å². The van der Waals surface area contributed by atoms with Crippen LogP contribution < -0.4 is 9.62 Å². The first kappa shape index (κ1) is 29.3. The van der Waals surface area contributed by atoms with Gasteiger partial charge in [-0.3, -0.25) is 13.9 Å². The Bertz CT molecular complexity index is 1380. The van der Waals surface area contributed by atoms with Crippen molar-refractivity contribution in [3.8, 4) is 0 Å². The van der Waals surface area contributed by atoms with Crippen LogP contribution in [0.1, 0.15) is 43.2 Å². The average Bonchev–Trinajstić information content (AvgIpc) is 2.95. The van der Waals surface area contributed by atoms with Crippen molar-refractivity contribution in [1.29, 1.82) is 0 Å². The SMILES string of the molecule is CS(=O)(=O)N(CC(=O)N(Cc1ccccc1F)[C@H](Cc1ccccc1)C(=O)NC1CCCCC1)c1ccccc1. The summed E-state index contributed by atoms with van der Waals surface area (Å²) in [5.74, 6) is -1.43. The fraction of sp³-hybridized carbons (Fsp3) is 0.355. The molecule has 1 aliphatic rings. The van der Waals surface area contributed by atoms with E-state index in [1.54, 1.807) is 48.5 Å². The third-order valence-corrected chi connectivity index (χ3v) is 8.39. The molecule has 0 radical (unpaired) electrons. The number of hydrogen-bond donors (Lipinski definition) is 1. The molecule has 40 heavy (non-hydrogen) atoms. The third-order valence-electron chi connectivity index (χ3n) is 7.24. The summed E-state index contributed by atoms with van der Waals surface area (Å²) in [6.45, 7) is -0.715. The summed E-state index contributed by atoms with van der Waals surface area (Å²) in [4.78, 5) is 29.2. The first-order valence-electron chi connectivity index (χ1n) is 13.6. The second kappa shape index (κ2) is 13.6. The van der Waals surface area contributed by atoms with E-state index in [1.165, 1.54) is 11.0 Å². The van der Waals surface area contributed by atoms with Crippen LogP contribution in [0.15, 0.2) is 84.9 Å². The highest BCUT2D eigenvalue weighted by atomic mass is 32.2. The van der Waals surface area contributed by atoms with Crippen molar-refractivity contribution in [2.45, 2.75) is 57.2 Å². The number of amides is 2. The van der Waals surface area contributed by atoms with Gasteiger partial charge in [-0.15, -0.1) is 0 Å². The van der Waals surface area contributed by atoms with Gasteiger partial charge < -0.3 is 10.2 Å². The minimum absolute atomic E-state index is 0.00164. The third kappa shape index (κ3) is 7.91. The lowest BCUT2D eigenvalue weighted by Gasteiger charge is -2.35. The summed E-state index contributed by atoms with van der Waals surface area (Å²) in [5, 5.41) is 3.13. The normalized spacial score (nSPS) is 14.8. The number of nitrogens with zero attached hydrogens (tertiary/aromatic N) is 2. The Morgan fingerprint density at radius 1 is 0.900 bits per heavy atom. The minimum Gasteiger partial charge on any atom is -0.352 e. The fourth-order valence-corrected chi connectivity index (χ4v) is 5.97. The lowest BCUT2D eigenvalue weighted by atomic mass is 9.94. The van der Waals surface area contributed by atoms with E-state index >= 15 is 0 Å². The van der Waals surface area contributed by atoms with E-state index in [4.69, 9.17) is 0 Å². The van der Waals surface area contributed by atoms with Crippen molar-refractivity contribution in [1.82, 2.24) is 10.2 Å². The first-order valence-corrected chi connectivity index (χ1v) is 15.5. The van der Waals surface area contributed by atoms with Crippen molar-refractivity contribution in [3.05, 3.63) is 102 Å². The molecule has 0 saturated heterocycles. The Morgan fingerprint density at radius 2 is 1.50 bits per heavy atom. The standard InChI is InChI=1S/C31H36FN3O4S/c1-40(38,39)35(27-18-9-4-10-19-27)23-30(36)34(22-25-15-11-12-20-28(25)32)29(21-24-13-5-2-6-14-24)31(37)33-26-16-7-3-8-17-26/h2,4-6,9-15,18-20,26,29H,3,7-8,16-17,21-23H2,1H3,(H,33,37)/t29-/m1/s1. The van der Waals surface area contributed by atoms with Crippen molar-refractivity contribution < 1.29 is 22.4 Å². The maximum atomic E-state index is 14.8. The smallest absolute Gasteiger partial charge is 0.244 e. The lowest BCUT2D eigenvalue weighted by molar-refractivity contribution is -0.140. The summed E-state index contributed by atoms with van der Waals surface area (Å²) >= 11 is 0. The van der Waals surface area contributed by atoms with Gasteiger partial charge in [0.15, 0.2) is 0 Å². The summed E-state index contributed by atoms with van der Waals surface area (Å²) in [6, 6.07) is 22.8. The Balaban J connectivity index is 1.72. The molecule has 1 fully saturated rings. The van der Waals surface area contributed by atoms with E-state index in [-0.39, 0.29) is 30.5 Å². The molecule has 0 unspecified atom stereocenters. The number of sulfonamides is 1. The molecule has 1 saturated carbocycles. The number of halogens is 1. The molecule has 1 atom stereocenters. The first-order chi connectivity index (χ1) is 19.2. The van der Waals surface area contributed by atoms with Crippen molar-refractivity contribution >= 4 is 27.5 Å². The van der Waals surface area contributed by atoms with Crippen LogP contribution in [0.25, 0.3) is 0 Å². The number of benzene rings is 3. The van der Waals surface area contributed by atoms with Gasteiger partial charge in [-0.05, 0) is 36.6 Å². The molecule has 7 nitrogen and oxygen atoms in total. The predicted octanol–water partition coefficient (Wildman–Crippen LogP) is 4.68. The van der Waals surface area contributed by atoms with Crippen LogP contribution in [0, 0.1) is 5.82 Å². The molecule has 3 aromatic rings. The van der Waals surface area contributed by atoms with Crippen LogP contribution in [0.4, 0.5) is 10.1 Å². The van der Waals surface area contributed by atoms with Crippen molar-refractivity contribution in [2.75, 3.05) is 17.1 Å². The number of carbonyl (C=O) groups is 2. The van der Waals surface area contributed by atoms with Gasteiger partial charge in [0.2, 0.25) is 21.8 Å². The topological polar surface area (TPSA) is 86.8 Å². The van der Waals surface area contributed by atoms with E-state index in [0.717, 1.165) is 48.2 Å². The molecule has 9 heteroatoms. The van der Waals surface area contributed by atoms with Crippen LogP contribution in [0.3, 0.4) is 0 Å². The Kier molecular flexibility index (Phi) is 9.93. The molecule has 0 aromatic heterocycles. The van der Waals surface area contributed by atoms with Gasteiger partial charge in [-0.25, -0.2) is 12.8 Å². The molecule has 0 aliphatic heterocycles. The summed E-state index contributed by atoms with van der Waals surface area (Å²) in [6.07, 6.45) is 6.12. The Hall–Kier alpha value is -3.72. The van der Waals surface area contributed by atoms with Gasteiger partial charge in [0.25, 0.3) is 0 Å². The van der Waals surface area contributed by atoms with E-state index in [2.05, 4.69) is 5.32 Å². The zero-order chi connectivity index (χ0) is 28.5. The number of anilines is 1. The molecule has 4 rings (SSSR count). The molecule has 2 amide bonds. The molecule has 3 aromatic carbocycles. The molecular weight excluding hydrogens is 529 g/mol. The van der Waals surface area contributed by atoms with E-state index in [9.17, 15) is 22.4 Å². The highest BCUT2D eigenvalue weighted by Crippen LogP contribution is 2.22. The number of rotatable bonds is 11. The molecule has 0 spiro atoms. The van der Waals surface area contributed by atoms with Gasteiger partial charge in [-0.2, -0.15) is 0 Å². The molecule has 212 valence electrons. The van der Waals surface area contributed by atoms with Gasteiger partial charge >= 0.3 is 0 Å². The van der Waals surface area contributed by atoms with Gasteiger partial charge in [0.1, 0.15) is 18.4 Å². The van der Waals surface area contributed by atoms with Crippen molar-refractivity contribution in [3.63, 3.8) is 0 Å². The van der Waals surface area contributed by atoms with E-state index in [1.807, 2.05) is 30.3 Å². The Labute approximate surface area is 236 Å². The molecule has 1 N–H and O–H groups in total. The Morgan fingerprint density at radius 3 is 2.12 bits per heavy atom. The quantitative estimate of drug-likeness (QED) is 0.366. The van der Waals surface area contributed by atoms with Gasteiger partial charge in [0, 0.05) is 24.6 Å². The van der Waals surface area contributed by atoms with Crippen LogP contribution in [0.2, 0.25) is 0 Å². The van der Waals surface area contributed by atoms with Crippen LogP contribution in [0.5, 0.6) is 0 Å². The van der Waals surface area contributed by atoms with Crippen LogP contribution in [-0.4, -0.2) is 50.0 Å². The second-order valence-electron chi connectivity index (χ2n) is 10.3. The number of carbonyl (C=O) groups excluding carboxylic acids is 2. The zero-order valence-corrected chi connectivity index (χ0v) is 23.5. The number of para-hydroxylation sites is 1.